The highest BCUT2D eigenvalue weighted by Crippen LogP contribution is 2.55. The molecule has 2 aliphatic carbocycles. The highest BCUT2D eigenvalue weighted by molar-refractivity contribution is 7.68. The quantitative estimate of drug-likeness (QED) is 0.532. The molecule has 0 radical (unpaired) electrons. The average Bonchev–Trinajstić information content (AvgIpc) is 2.91. The molecule has 4 nitrogen and oxygen atoms in total. The summed E-state index contributed by atoms with van der Waals surface area (Å²) in [5, 5.41) is 9.33. The molecule has 0 unspecified atom stereocenters. The lowest BCUT2D eigenvalue weighted by atomic mass is 9.88. The number of aliphatic carboxylic acids is 1. The first-order valence-corrected chi connectivity index (χ1v) is 9.89. The summed E-state index contributed by atoms with van der Waals surface area (Å²) in [7, 11) is -3.28. The molecular formula is C16H26O4P+. The van der Waals surface area contributed by atoms with Gasteiger partial charge in [-0.3, -0.25) is 0 Å². The Morgan fingerprint density at radius 2 is 1.71 bits per heavy atom. The van der Waals surface area contributed by atoms with Crippen molar-refractivity contribution in [3.63, 3.8) is 0 Å². The Balaban J connectivity index is 2.05. The van der Waals surface area contributed by atoms with Crippen LogP contribution in [0, 0.1) is 5.92 Å². The highest BCUT2D eigenvalue weighted by Gasteiger charge is 2.35. The van der Waals surface area contributed by atoms with Gasteiger partial charge in [-0.1, -0.05) is 25.3 Å². The van der Waals surface area contributed by atoms with Gasteiger partial charge in [0.05, 0.1) is 5.57 Å². The SMILES string of the molecule is O=C(O)C(=CC1CCCCC1)C[P+](O)(O)C=C1CCCC1. The molecule has 0 spiro atoms. The monoisotopic (exact) mass is 313 g/mol. The van der Waals surface area contributed by atoms with Gasteiger partial charge in [0.25, 0.3) is 7.72 Å². The maximum Gasteiger partial charge on any atom is 0.335 e. The molecule has 3 N–H and O–H groups in total. The number of rotatable bonds is 5. The summed E-state index contributed by atoms with van der Waals surface area (Å²) < 4.78 is 0. The molecule has 0 aromatic carbocycles. The summed E-state index contributed by atoms with van der Waals surface area (Å²) in [6, 6.07) is 0. The van der Waals surface area contributed by atoms with Gasteiger partial charge in [-0.15, -0.1) is 0 Å². The normalized spacial score (nSPS) is 21.6. The van der Waals surface area contributed by atoms with Crippen LogP contribution >= 0.6 is 7.72 Å². The Kier molecular flexibility index (Phi) is 5.98. The van der Waals surface area contributed by atoms with Crippen LogP contribution < -0.4 is 0 Å². The summed E-state index contributed by atoms with van der Waals surface area (Å²) in [4.78, 5) is 31.8. The van der Waals surface area contributed by atoms with Crippen LogP contribution in [0.3, 0.4) is 0 Å². The molecule has 0 bridgehead atoms. The van der Waals surface area contributed by atoms with E-state index in [9.17, 15) is 19.7 Å². The summed E-state index contributed by atoms with van der Waals surface area (Å²) in [6.45, 7) is 0. The zero-order valence-electron chi connectivity index (χ0n) is 12.5. The van der Waals surface area contributed by atoms with Crippen molar-refractivity contribution in [1.29, 1.82) is 0 Å². The van der Waals surface area contributed by atoms with Gasteiger partial charge in [0.2, 0.25) is 0 Å². The van der Waals surface area contributed by atoms with Crippen LogP contribution in [0.15, 0.2) is 23.0 Å². The van der Waals surface area contributed by atoms with Gasteiger partial charge >= 0.3 is 5.97 Å². The molecule has 0 heterocycles. The van der Waals surface area contributed by atoms with Gasteiger partial charge in [-0.25, -0.2) is 14.6 Å². The first-order chi connectivity index (χ1) is 9.96. The molecule has 2 fully saturated rings. The van der Waals surface area contributed by atoms with Gasteiger partial charge < -0.3 is 5.11 Å². The van der Waals surface area contributed by atoms with Gasteiger partial charge in [-0.2, -0.15) is 0 Å². The van der Waals surface area contributed by atoms with Crippen LogP contribution in [0.25, 0.3) is 0 Å². The molecule has 2 rings (SSSR count). The molecule has 118 valence electrons. The number of carboxylic acids is 1. The topological polar surface area (TPSA) is 77.8 Å². The van der Waals surface area contributed by atoms with E-state index in [0.717, 1.165) is 56.9 Å². The molecule has 2 aliphatic rings. The standard InChI is InChI=1S/C16H25O4P/c17-16(18)15(10-13-6-2-1-3-7-13)12-21(19,20)11-14-8-4-5-9-14/h10-11,13,19-20H,1-9,12H2/p+1. The van der Waals surface area contributed by atoms with E-state index in [2.05, 4.69) is 0 Å². The van der Waals surface area contributed by atoms with E-state index in [1.54, 1.807) is 11.9 Å². The fourth-order valence-electron chi connectivity index (χ4n) is 3.32. The maximum atomic E-state index is 11.4. The first kappa shape index (κ1) is 16.7. The summed E-state index contributed by atoms with van der Waals surface area (Å²) in [5.74, 6) is 0.833. The van der Waals surface area contributed by atoms with E-state index in [1.807, 2.05) is 0 Å². The fraction of sp³-hybridized carbons (Fsp3) is 0.688. The Morgan fingerprint density at radius 3 is 2.29 bits per heavy atom. The largest absolute Gasteiger partial charge is 0.478 e. The van der Waals surface area contributed by atoms with E-state index in [1.165, 1.54) is 6.42 Å². The molecule has 5 heteroatoms. The smallest absolute Gasteiger partial charge is 0.335 e. The first-order valence-electron chi connectivity index (χ1n) is 7.94. The van der Waals surface area contributed by atoms with Gasteiger partial charge in [-0.05, 0) is 50.0 Å². The Morgan fingerprint density at radius 1 is 1.10 bits per heavy atom. The molecule has 0 aliphatic heterocycles. The van der Waals surface area contributed by atoms with Crippen LogP contribution in [-0.4, -0.2) is 27.0 Å². The molecule has 2 saturated carbocycles. The van der Waals surface area contributed by atoms with Crippen molar-refractivity contribution in [3.8, 4) is 0 Å². The van der Waals surface area contributed by atoms with Crippen molar-refractivity contribution in [2.75, 3.05) is 6.16 Å². The number of hydrogen-bond acceptors (Lipinski definition) is 3. The predicted octanol–water partition coefficient (Wildman–Crippen LogP) is 3.87. The van der Waals surface area contributed by atoms with E-state index in [4.69, 9.17) is 0 Å². The average molecular weight is 313 g/mol. The molecule has 0 aromatic rings. The van der Waals surface area contributed by atoms with Gasteiger partial charge in [0, 0.05) is 0 Å². The lowest BCUT2D eigenvalue weighted by molar-refractivity contribution is -0.132. The minimum atomic E-state index is -3.28. The van der Waals surface area contributed by atoms with Crippen molar-refractivity contribution in [1.82, 2.24) is 0 Å². The number of carbonyl (C=O) groups is 1. The van der Waals surface area contributed by atoms with Crippen molar-refractivity contribution >= 4 is 13.7 Å². The zero-order chi connectivity index (χ0) is 15.3. The third kappa shape index (κ3) is 5.54. The number of carboxylic acid groups (broad SMARTS) is 1. The Labute approximate surface area is 127 Å². The van der Waals surface area contributed by atoms with Crippen molar-refractivity contribution in [3.05, 3.63) is 23.0 Å². The minimum Gasteiger partial charge on any atom is -0.478 e. The van der Waals surface area contributed by atoms with Crippen molar-refractivity contribution < 1.29 is 19.7 Å². The lowest BCUT2D eigenvalue weighted by Gasteiger charge is -2.19. The lowest BCUT2D eigenvalue weighted by Crippen LogP contribution is -2.12. The summed E-state index contributed by atoms with van der Waals surface area (Å²) >= 11 is 0. The third-order valence-electron chi connectivity index (χ3n) is 4.40. The second-order valence-corrected chi connectivity index (χ2v) is 8.48. The van der Waals surface area contributed by atoms with Crippen LogP contribution in [0.2, 0.25) is 0 Å². The zero-order valence-corrected chi connectivity index (χ0v) is 13.4. The van der Waals surface area contributed by atoms with E-state index in [0.29, 0.717) is 0 Å². The predicted molar refractivity (Wildman–Crippen MR) is 85.1 cm³/mol. The Bertz CT molecular complexity index is 426. The number of allylic oxidation sites excluding steroid dienone is 2. The molecule has 0 amide bonds. The molecule has 0 aromatic heterocycles. The molecule has 0 saturated heterocycles. The minimum absolute atomic E-state index is 0.123. The summed E-state index contributed by atoms with van der Waals surface area (Å²) in [6.07, 6.45) is 11.2. The summed E-state index contributed by atoms with van der Waals surface area (Å²) in [5.41, 5.74) is 1.26. The van der Waals surface area contributed by atoms with Gasteiger partial charge in [0.1, 0.15) is 12.0 Å². The molecule has 0 atom stereocenters. The second kappa shape index (κ2) is 7.53. The van der Waals surface area contributed by atoms with Crippen molar-refractivity contribution in [2.24, 2.45) is 5.92 Å². The van der Waals surface area contributed by atoms with E-state index in [-0.39, 0.29) is 17.7 Å². The van der Waals surface area contributed by atoms with Crippen molar-refractivity contribution in [2.45, 2.75) is 57.8 Å². The van der Waals surface area contributed by atoms with Crippen LogP contribution in [0.1, 0.15) is 57.8 Å². The van der Waals surface area contributed by atoms with Gasteiger partial charge in [0.15, 0.2) is 0 Å². The highest BCUT2D eigenvalue weighted by atomic mass is 31.2. The van der Waals surface area contributed by atoms with Crippen LogP contribution in [0.4, 0.5) is 0 Å². The fourth-order valence-corrected chi connectivity index (χ4v) is 5.00. The van der Waals surface area contributed by atoms with Crippen LogP contribution in [0.5, 0.6) is 0 Å². The van der Waals surface area contributed by atoms with E-state index < -0.39 is 13.7 Å². The number of hydrogen-bond donors (Lipinski definition) is 3. The Hall–Kier alpha value is -0.700. The maximum absolute atomic E-state index is 11.4. The molecule has 21 heavy (non-hydrogen) atoms. The second-order valence-electron chi connectivity index (χ2n) is 6.33. The third-order valence-corrected chi connectivity index (χ3v) is 5.98. The van der Waals surface area contributed by atoms with Crippen LogP contribution in [-0.2, 0) is 4.79 Å². The molecular weight excluding hydrogens is 287 g/mol. The van der Waals surface area contributed by atoms with E-state index >= 15 is 0 Å².